The highest BCUT2D eigenvalue weighted by Gasteiger charge is 2.31. The molecule has 1 N–H and O–H groups in total. The minimum atomic E-state index is -0.743. The van der Waals surface area contributed by atoms with Crippen LogP contribution in [0.25, 0.3) is 0 Å². The number of fused-ring (bicyclic) bond motifs is 1. The van der Waals surface area contributed by atoms with E-state index in [0.29, 0.717) is 19.5 Å². The van der Waals surface area contributed by atoms with E-state index < -0.39 is 11.9 Å². The smallest absolute Gasteiger partial charge is 0.308 e. The number of rotatable bonds is 5. The minimum Gasteiger partial charge on any atom is -0.481 e. The Bertz CT molecular complexity index is 796. The molecule has 1 unspecified atom stereocenters. The molecule has 1 aromatic carbocycles. The molecule has 0 amide bonds. The fourth-order valence-electron chi connectivity index (χ4n) is 3.92. The van der Waals surface area contributed by atoms with Crippen molar-refractivity contribution in [3.63, 3.8) is 0 Å². The van der Waals surface area contributed by atoms with E-state index in [9.17, 15) is 9.90 Å². The highest BCUT2D eigenvalue weighted by molar-refractivity contribution is 5.73. The SMILES string of the molecule is Cn1ncc2c1CC(C(=O)O)CN2Cc1ccc(CN2CCOCC2)cc1. The molecule has 7 nitrogen and oxygen atoms in total. The molecular weight excluding hydrogens is 344 g/mol. The number of aryl methyl sites for hydroxylation is 1. The predicted molar refractivity (Wildman–Crippen MR) is 102 cm³/mol. The average molecular weight is 370 g/mol. The van der Waals surface area contributed by atoms with Gasteiger partial charge in [-0.05, 0) is 11.1 Å². The first-order valence-corrected chi connectivity index (χ1v) is 9.46. The van der Waals surface area contributed by atoms with Gasteiger partial charge in [0.2, 0.25) is 0 Å². The molecule has 1 fully saturated rings. The Hall–Kier alpha value is -2.38. The quantitative estimate of drug-likeness (QED) is 0.860. The van der Waals surface area contributed by atoms with Crippen molar-refractivity contribution in [2.45, 2.75) is 19.5 Å². The largest absolute Gasteiger partial charge is 0.481 e. The van der Waals surface area contributed by atoms with Crippen molar-refractivity contribution < 1.29 is 14.6 Å². The number of aliphatic carboxylic acids is 1. The van der Waals surface area contributed by atoms with Gasteiger partial charge in [0.05, 0.1) is 36.7 Å². The predicted octanol–water partition coefficient (Wildman–Crippen LogP) is 1.52. The number of carboxylic acid groups (broad SMARTS) is 1. The summed E-state index contributed by atoms with van der Waals surface area (Å²) in [6.07, 6.45) is 2.39. The fourth-order valence-corrected chi connectivity index (χ4v) is 3.92. The molecule has 2 aliphatic heterocycles. The molecular formula is C20H26N4O3. The molecule has 144 valence electrons. The minimum absolute atomic E-state index is 0.395. The number of benzene rings is 1. The van der Waals surface area contributed by atoms with Crippen molar-refractivity contribution in [1.29, 1.82) is 0 Å². The van der Waals surface area contributed by atoms with E-state index in [1.165, 1.54) is 11.1 Å². The Balaban J connectivity index is 1.45. The lowest BCUT2D eigenvalue weighted by Gasteiger charge is -2.32. The highest BCUT2D eigenvalue weighted by Crippen LogP contribution is 2.30. The lowest BCUT2D eigenvalue weighted by atomic mass is 9.96. The van der Waals surface area contributed by atoms with Crippen molar-refractivity contribution in [3.8, 4) is 0 Å². The van der Waals surface area contributed by atoms with Crippen molar-refractivity contribution >= 4 is 11.7 Å². The monoisotopic (exact) mass is 370 g/mol. The molecule has 1 aromatic heterocycles. The number of hydrogen-bond acceptors (Lipinski definition) is 5. The van der Waals surface area contributed by atoms with Crippen molar-refractivity contribution in [2.75, 3.05) is 37.7 Å². The van der Waals surface area contributed by atoms with E-state index in [0.717, 1.165) is 44.2 Å². The highest BCUT2D eigenvalue weighted by atomic mass is 16.5. The Morgan fingerprint density at radius 3 is 2.52 bits per heavy atom. The van der Waals surface area contributed by atoms with Gasteiger partial charge in [0.25, 0.3) is 0 Å². The Morgan fingerprint density at radius 1 is 1.19 bits per heavy atom. The van der Waals surface area contributed by atoms with Gasteiger partial charge in [-0.15, -0.1) is 0 Å². The lowest BCUT2D eigenvalue weighted by molar-refractivity contribution is -0.141. The van der Waals surface area contributed by atoms with Crippen LogP contribution in [-0.2, 0) is 36.1 Å². The second-order valence-electron chi connectivity index (χ2n) is 7.42. The maximum Gasteiger partial charge on any atom is 0.308 e. The van der Waals surface area contributed by atoms with Crippen LogP contribution in [-0.4, -0.2) is 58.6 Å². The number of morpholine rings is 1. The first kappa shape index (κ1) is 18.0. The summed E-state index contributed by atoms with van der Waals surface area (Å²) in [5, 5.41) is 13.8. The summed E-state index contributed by atoms with van der Waals surface area (Å²) in [5.41, 5.74) is 4.52. The lowest BCUT2D eigenvalue weighted by Crippen LogP contribution is -2.38. The van der Waals surface area contributed by atoms with Gasteiger partial charge in [0, 0.05) is 46.2 Å². The molecule has 2 aliphatic rings. The van der Waals surface area contributed by atoms with Crippen molar-refractivity contribution in [1.82, 2.24) is 14.7 Å². The standard InChI is InChI=1S/C20H26N4O3/c1-22-18-10-17(20(25)26)14-24(19(18)11-21-22)13-16-4-2-15(3-5-16)12-23-6-8-27-9-7-23/h2-5,11,17H,6-10,12-14H2,1H3,(H,25,26). The van der Waals surface area contributed by atoms with Crippen LogP contribution in [0.5, 0.6) is 0 Å². The summed E-state index contributed by atoms with van der Waals surface area (Å²) >= 11 is 0. The number of hydrogen-bond donors (Lipinski definition) is 1. The second-order valence-corrected chi connectivity index (χ2v) is 7.42. The maximum atomic E-state index is 11.6. The van der Waals surface area contributed by atoms with Crippen molar-refractivity contribution in [3.05, 3.63) is 47.3 Å². The first-order chi connectivity index (χ1) is 13.1. The van der Waals surface area contributed by atoms with Gasteiger partial charge < -0.3 is 14.7 Å². The number of carbonyl (C=O) groups is 1. The van der Waals surface area contributed by atoms with Gasteiger partial charge in [-0.25, -0.2) is 0 Å². The van der Waals surface area contributed by atoms with Crippen LogP contribution in [0.4, 0.5) is 5.69 Å². The average Bonchev–Trinajstić information content (AvgIpc) is 3.05. The molecule has 2 aromatic rings. The molecule has 27 heavy (non-hydrogen) atoms. The van der Waals surface area contributed by atoms with Crippen LogP contribution >= 0.6 is 0 Å². The topological polar surface area (TPSA) is 70.8 Å². The maximum absolute atomic E-state index is 11.6. The summed E-state index contributed by atoms with van der Waals surface area (Å²) in [4.78, 5) is 16.1. The van der Waals surface area contributed by atoms with Crippen LogP contribution in [0.1, 0.15) is 16.8 Å². The van der Waals surface area contributed by atoms with Crippen LogP contribution in [0.2, 0.25) is 0 Å². The van der Waals surface area contributed by atoms with E-state index in [-0.39, 0.29) is 0 Å². The normalized spacial score (nSPS) is 20.5. The zero-order valence-electron chi connectivity index (χ0n) is 15.7. The summed E-state index contributed by atoms with van der Waals surface area (Å²) in [6.45, 7) is 5.74. The zero-order valence-corrected chi connectivity index (χ0v) is 15.7. The van der Waals surface area contributed by atoms with Gasteiger partial charge in [0.1, 0.15) is 0 Å². The molecule has 0 bridgehead atoms. The van der Waals surface area contributed by atoms with Crippen LogP contribution in [0.15, 0.2) is 30.5 Å². The van der Waals surface area contributed by atoms with Crippen LogP contribution < -0.4 is 4.90 Å². The van der Waals surface area contributed by atoms with E-state index in [1.807, 2.05) is 13.2 Å². The van der Waals surface area contributed by atoms with E-state index in [4.69, 9.17) is 4.74 Å². The number of carboxylic acids is 1. The molecule has 0 aliphatic carbocycles. The van der Waals surface area contributed by atoms with E-state index >= 15 is 0 Å². The summed E-state index contributed by atoms with van der Waals surface area (Å²) in [6, 6.07) is 8.65. The Morgan fingerprint density at radius 2 is 1.85 bits per heavy atom. The van der Waals surface area contributed by atoms with E-state index in [2.05, 4.69) is 39.2 Å². The molecule has 4 rings (SSSR count). The van der Waals surface area contributed by atoms with Crippen LogP contribution in [0.3, 0.4) is 0 Å². The summed E-state index contributed by atoms with van der Waals surface area (Å²) in [7, 11) is 1.88. The molecule has 1 atom stereocenters. The molecule has 1 saturated heterocycles. The molecule has 0 saturated carbocycles. The number of anilines is 1. The van der Waals surface area contributed by atoms with Gasteiger partial charge in [-0.2, -0.15) is 5.10 Å². The number of nitrogens with zero attached hydrogens (tertiary/aromatic N) is 4. The second kappa shape index (κ2) is 7.70. The summed E-state index contributed by atoms with van der Waals surface area (Å²) in [5.74, 6) is -1.14. The Labute approximate surface area is 159 Å². The van der Waals surface area contributed by atoms with Gasteiger partial charge >= 0.3 is 5.97 Å². The Kier molecular flexibility index (Phi) is 5.13. The molecule has 0 spiro atoms. The first-order valence-electron chi connectivity index (χ1n) is 9.46. The number of ether oxygens (including phenoxy) is 1. The van der Waals surface area contributed by atoms with Crippen molar-refractivity contribution in [2.24, 2.45) is 13.0 Å². The third-order valence-electron chi connectivity index (χ3n) is 5.52. The zero-order chi connectivity index (χ0) is 18.8. The van der Waals surface area contributed by atoms with Gasteiger partial charge in [-0.1, -0.05) is 24.3 Å². The molecule has 3 heterocycles. The fraction of sp³-hybridized carbons (Fsp3) is 0.500. The third-order valence-corrected chi connectivity index (χ3v) is 5.52. The van der Waals surface area contributed by atoms with E-state index in [1.54, 1.807) is 4.68 Å². The number of aromatic nitrogens is 2. The molecule has 0 radical (unpaired) electrons. The molecule has 7 heteroatoms. The van der Waals surface area contributed by atoms with Gasteiger partial charge in [0.15, 0.2) is 0 Å². The third kappa shape index (κ3) is 3.99. The van der Waals surface area contributed by atoms with Crippen LogP contribution in [0, 0.1) is 5.92 Å². The summed E-state index contributed by atoms with van der Waals surface area (Å²) < 4.78 is 7.20. The van der Waals surface area contributed by atoms with Gasteiger partial charge in [-0.3, -0.25) is 14.4 Å².